The maximum absolute atomic E-state index is 13.8. The molecule has 0 amide bonds. The molecule has 0 atom stereocenters. The number of carbonyl (C=O) groups excluding carboxylic acids is 1. The van der Waals surface area contributed by atoms with E-state index in [-0.39, 0.29) is 5.56 Å². The standard InChI is InChI=1S/C20H17FN2O3/c21-17-10-14(9-15(12-24)19(17)25)18-11-22-20(26-18)13-3-5-16(6-4-13)23-7-1-2-8-23/h3-6,9-12,25H,1-2,7-8H2. The molecular formula is C20H17FN2O3. The third-order valence-corrected chi connectivity index (χ3v) is 4.60. The molecule has 3 aromatic rings. The van der Waals surface area contributed by atoms with Crippen molar-refractivity contribution in [3.8, 4) is 28.5 Å². The highest BCUT2D eigenvalue weighted by molar-refractivity contribution is 5.82. The summed E-state index contributed by atoms with van der Waals surface area (Å²) in [6, 6.07) is 10.4. The van der Waals surface area contributed by atoms with Gasteiger partial charge in [0.2, 0.25) is 5.89 Å². The number of rotatable bonds is 4. The number of phenolic OH excluding ortho intramolecular Hbond substituents is 1. The van der Waals surface area contributed by atoms with Gasteiger partial charge in [0.15, 0.2) is 23.6 Å². The summed E-state index contributed by atoms with van der Waals surface area (Å²) in [6.07, 6.45) is 4.31. The van der Waals surface area contributed by atoms with Crippen LogP contribution in [0, 0.1) is 5.82 Å². The molecule has 1 saturated heterocycles. The van der Waals surface area contributed by atoms with Crippen molar-refractivity contribution < 1.29 is 18.7 Å². The Hall–Kier alpha value is -3.15. The Bertz CT molecular complexity index is 944. The number of aromatic hydroxyl groups is 1. The van der Waals surface area contributed by atoms with E-state index >= 15 is 0 Å². The topological polar surface area (TPSA) is 66.6 Å². The molecule has 1 aromatic heterocycles. The van der Waals surface area contributed by atoms with Crippen molar-refractivity contribution in [1.29, 1.82) is 0 Å². The lowest BCUT2D eigenvalue weighted by molar-refractivity contribution is 0.112. The molecule has 0 saturated carbocycles. The normalized spacial score (nSPS) is 14.0. The lowest BCUT2D eigenvalue weighted by atomic mass is 10.1. The molecule has 2 aromatic carbocycles. The van der Waals surface area contributed by atoms with Gasteiger partial charge in [0, 0.05) is 29.9 Å². The van der Waals surface area contributed by atoms with Crippen molar-refractivity contribution in [2.24, 2.45) is 0 Å². The number of hydrogen-bond donors (Lipinski definition) is 1. The summed E-state index contributed by atoms with van der Waals surface area (Å²) in [5, 5.41) is 9.51. The molecule has 1 N–H and O–H groups in total. The van der Waals surface area contributed by atoms with E-state index in [2.05, 4.69) is 9.88 Å². The number of nitrogens with zero attached hydrogens (tertiary/aromatic N) is 2. The monoisotopic (exact) mass is 352 g/mol. The van der Waals surface area contributed by atoms with Gasteiger partial charge >= 0.3 is 0 Å². The fourth-order valence-electron chi connectivity index (χ4n) is 3.18. The first kappa shape index (κ1) is 16.3. The van der Waals surface area contributed by atoms with E-state index in [0.29, 0.717) is 23.5 Å². The first-order valence-corrected chi connectivity index (χ1v) is 8.45. The lowest BCUT2D eigenvalue weighted by Crippen LogP contribution is -2.17. The number of anilines is 1. The van der Waals surface area contributed by atoms with Crippen LogP contribution in [0.3, 0.4) is 0 Å². The van der Waals surface area contributed by atoms with E-state index in [1.54, 1.807) is 0 Å². The van der Waals surface area contributed by atoms with E-state index in [1.165, 1.54) is 30.8 Å². The molecule has 0 unspecified atom stereocenters. The van der Waals surface area contributed by atoms with Crippen molar-refractivity contribution >= 4 is 12.0 Å². The van der Waals surface area contributed by atoms with Crippen molar-refractivity contribution in [2.75, 3.05) is 18.0 Å². The van der Waals surface area contributed by atoms with Crippen LogP contribution in [0.2, 0.25) is 0 Å². The fraction of sp³-hybridized carbons (Fsp3) is 0.200. The van der Waals surface area contributed by atoms with Gasteiger partial charge in [-0.25, -0.2) is 9.37 Å². The Kier molecular flexibility index (Phi) is 4.16. The minimum absolute atomic E-state index is 0.132. The van der Waals surface area contributed by atoms with E-state index in [4.69, 9.17) is 4.42 Å². The van der Waals surface area contributed by atoms with Crippen LogP contribution in [0.4, 0.5) is 10.1 Å². The zero-order valence-corrected chi connectivity index (χ0v) is 14.0. The molecule has 4 rings (SSSR count). The van der Waals surface area contributed by atoms with E-state index in [0.717, 1.165) is 24.7 Å². The maximum Gasteiger partial charge on any atom is 0.226 e. The van der Waals surface area contributed by atoms with Gasteiger partial charge in [0.1, 0.15) is 0 Å². The second-order valence-electron chi connectivity index (χ2n) is 6.28. The van der Waals surface area contributed by atoms with Crippen LogP contribution in [0.25, 0.3) is 22.8 Å². The molecule has 1 aliphatic rings. The third-order valence-electron chi connectivity index (χ3n) is 4.60. The number of hydrogen-bond acceptors (Lipinski definition) is 5. The second-order valence-corrected chi connectivity index (χ2v) is 6.28. The number of aldehydes is 1. The molecule has 26 heavy (non-hydrogen) atoms. The van der Waals surface area contributed by atoms with Crippen molar-refractivity contribution in [1.82, 2.24) is 4.98 Å². The zero-order chi connectivity index (χ0) is 18.1. The molecule has 6 heteroatoms. The highest BCUT2D eigenvalue weighted by Gasteiger charge is 2.15. The van der Waals surface area contributed by atoms with Crippen molar-refractivity contribution in [3.63, 3.8) is 0 Å². The molecule has 0 aliphatic carbocycles. The minimum atomic E-state index is -0.877. The Morgan fingerprint density at radius 3 is 2.54 bits per heavy atom. The molecule has 132 valence electrons. The molecule has 1 fully saturated rings. The highest BCUT2D eigenvalue weighted by atomic mass is 19.1. The average molecular weight is 352 g/mol. The van der Waals surface area contributed by atoms with Gasteiger partial charge in [0.25, 0.3) is 0 Å². The van der Waals surface area contributed by atoms with Crippen molar-refractivity contribution in [3.05, 3.63) is 54.0 Å². The number of aromatic nitrogens is 1. The van der Waals surface area contributed by atoms with Crippen LogP contribution in [-0.4, -0.2) is 29.5 Å². The molecule has 2 heterocycles. The van der Waals surface area contributed by atoms with Gasteiger partial charge in [-0.15, -0.1) is 0 Å². The molecule has 1 aliphatic heterocycles. The van der Waals surface area contributed by atoms with Gasteiger partial charge in [-0.2, -0.15) is 0 Å². The molecule has 0 bridgehead atoms. The van der Waals surface area contributed by atoms with Gasteiger partial charge in [-0.3, -0.25) is 4.79 Å². The quantitative estimate of drug-likeness (QED) is 0.711. The summed E-state index contributed by atoms with van der Waals surface area (Å²) in [5.74, 6) is -0.807. The predicted molar refractivity (Wildman–Crippen MR) is 95.8 cm³/mol. The van der Waals surface area contributed by atoms with Gasteiger partial charge < -0.3 is 14.4 Å². The Morgan fingerprint density at radius 2 is 1.85 bits per heavy atom. The first-order chi connectivity index (χ1) is 12.7. The van der Waals surface area contributed by atoms with E-state index in [9.17, 15) is 14.3 Å². The summed E-state index contributed by atoms with van der Waals surface area (Å²) >= 11 is 0. The molecule has 5 nitrogen and oxygen atoms in total. The van der Waals surface area contributed by atoms with Crippen LogP contribution in [-0.2, 0) is 0 Å². The van der Waals surface area contributed by atoms with E-state index < -0.39 is 11.6 Å². The predicted octanol–water partition coefficient (Wildman–Crippen LogP) is 4.27. The number of phenols is 1. The first-order valence-electron chi connectivity index (χ1n) is 8.45. The van der Waals surface area contributed by atoms with Gasteiger partial charge in [-0.1, -0.05) is 0 Å². The van der Waals surface area contributed by atoms with Crippen molar-refractivity contribution in [2.45, 2.75) is 12.8 Å². The maximum atomic E-state index is 13.8. The van der Waals surface area contributed by atoms with Gasteiger partial charge in [0.05, 0.1) is 11.8 Å². The van der Waals surface area contributed by atoms with Gasteiger partial charge in [-0.05, 0) is 49.2 Å². The fourth-order valence-corrected chi connectivity index (χ4v) is 3.18. The highest BCUT2D eigenvalue weighted by Crippen LogP contribution is 2.31. The Morgan fingerprint density at radius 1 is 1.12 bits per heavy atom. The molecule has 0 spiro atoms. The van der Waals surface area contributed by atoms with Crippen LogP contribution >= 0.6 is 0 Å². The smallest absolute Gasteiger partial charge is 0.226 e. The van der Waals surface area contributed by atoms with Crippen LogP contribution in [0.15, 0.2) is 47.0 Å². The molecule has 0 radical (unpaired) electrons. The summed E-state index contributed by atoms with van der Waals surface area (Å²) < 4.78 is 19.5. The second kappa shape index (κ2) is 6.63. The summed E-state index contributed by atoms with van der Waals surface area (Å²) in [5.41, 5.74) is 2.20. The lowest BCUT2D eigenvalue weighted by Gasteiger charge is -2.17. The number of oxazole rings is 1. The Balaban J connectivity index is 1.62. The van der Waals surface area contributed by atoms with Crippen LogP contribution in [0.5, 0.6) is 5.75 Å². The third kappa shape index (κ3) is 2.94. The summed E-state index contributed by atoms with van der Waals surface area (Å²) in [7, 11) is 0. The zero-order valence-electron chi connectivity index (χ0n) is 14.0. The van der Waals surface area contributed by atoms with Crippen LogP contribution in [0.1, 0.15) is 23.2 Å². The number of carbonyl (C=O) groups is 1. The number of halogens is 1. The van der Waals surface area contributed by atoms with Crippen LogP contribution < -0.4 is 4.90 Å². The average Bonchev–Trinajstić information content (AvgIpc) is 3.36. The number of benzene rings is 2. The Labute approximate surface area is 149 Å². The summed E-state index contributed by atoms with van der Waals surface area (Å²) in [6.45, 7) is 2.15. The molecular weight excluding hydrogens is 335 g/mol. The van der Waals surface area contributed by atoms with E-state index in [1.807, 2.05) is 24.3 Å². The largest absolute Gasteiger partial charge is 0.504 e. The minimum Gasteiger partial charge on any atom is -0.504 e. The SMILES string of the molecule is O=Cc1cc(-c2cnc(-c3ccc(N4CCCC4)cc3)o2)cc(F)c1O. The summed E-state index contributed by atoms with van der Waals surface area (Å²) in [4.78, 5) is 17.5.